The summed E-state index contributed by atoms with van der Waals surface area (Å²) in [7, 11) is 0. The zero-order valence-corrected chi connectivity index (χ0v) is 17.8. The molecule has 1 unspecified atom stereocenters. The van der Waals surface area contributed by atoms with Gasteiger partial charge in [0.05, 0.1) is 12.6 Å². The fourth-order valence-electron chi connectivity index (χ4n) is 3.33. The number of anilines is 2. The summed E-state index contributed by atoms with van der Waals surface area (Å²) in [5.74, 6) is 0.735. The smallest absolute Gasteiger partial charge is 0.253 e. The zero-order valence-electron chi connectivity index (χ0n) is 17.8. The molecule has 0 aromatic heterocycles. The third-order valence-corrected chi connectivity index (χ3v) is 5.28. The van der Waals surface area contributed by atoms with Crippen molar-refractivity contribution >= 4 is 23.2 Å². The molecule has 160 valence electrons. The maximum absolute atomic E-state index is 12.5. The minimum Gasteiger partial charge on any atom is -0.491 e. The number of benzene rings is 2. The van der Waals surface area contributed by atoms with Crippen molar-refractivity contribution in [2.75, 3.05) is 30.3 Å². The Morgan fingerprint density at radius 3 is 2.23 bits per heavy atom. The number of carbonyl (C=O) groups excluding carboxylic acids is 2. The molecule has 1 heterocycles. The summed E-state index contributed by atoms with van der Waals surface area (Å²) in [4.78, 5) is 26.6. The highest BCUT2D eigenvalue weighted by atomic mass is 16.5. The van der Waals surface area contributed by atoms with E-state index < -0.39 is 0 Å². The van der Waals surface area contributed by atoms with Gasteiger partial charge in [-0.05, 0) is 81.1 Å². The van der Waals surface area contributed by atoms with E-state index >= 15 is 0 Å². The number of hydrogen-bond acceptors (Lipinski definition) is 4. The molecule has 2 aromatic rings. The van der Waals surface area contributed by atoms with Crippen molar-refractivity contribution in [1.82, 2.24) is 4.90 Å². The van der Waals surface area contributed by atoms with E-state index in [9.17, 15) is 9.59 Å². The summed E-state index contributed by atoms with van der Waals surface area (Å²) in [6, 6.07) is 14.7. The lowest BCUT2D eigenvalue weighted by atomic mass is 10.1. The average Bonchev–Trinajstić information content (AvgIpc) is 2.79. The van der Waals surface area contributed by atoms with Gasteiger partial charge in [0.1, 0.15) is 5.75 Å². The normalized spacial score (nSPS) is 14.7. The van der Waals surface area contributed by atoms with Crippen LogP contribution in [0.2, 0.25) is 0 Å². The van der Waals surface area contributed by atoms with Crippen LogP contribution in [0.25, 0.3) is 0 Å². The van der Waals surface area contributed by atoms with Gasteiger partial charge >= 0.3 is 0 Å². The van der Waals surface area contributed by atoms with E-state index in [-0.39, 0.29) is 24.5 Å². The molecular weight excluding hydrogens is 378 g/mol. The third-order valence-electron chi connectivity index (χ3n) is 5.28. The summed E-state index contributed by atoms with van der Waals surface area (Å²) in [6.07, 6.45) is 4.46. The minimum absolute atomic E-state index is 0.0648. The second-order valence-corrected chi connectivity index (χ2v) is 7.69. The van der Waals surface area contributed by atoms with Crippen LogP contribution in [0, 0.1) is 0 Å². The summed E-state index contributed by atoms with van der Waals surface area (Å²) < 4.78 is 5.75. The van der Waals surface area contributed by atoms with Crippen LogP contribution >= 0.6 is 0 Å². The molecule has 2 aromatic carbocycles. The molecule has 1 atom stereocenters. The van der Waals surface area contributed by atoms with E-state index in [2.05, 4.69) is 17.6 Å². The number of rotatable bonds is 8. The Morgan fingerprint density at radius 1 is 0.967 bits per heavy atom. The first-order valence-corrected chi connectivity index (χ1v) is 10.7. The lowest BCUT2D eigenvalue weighted by molar-refractivity contribution is -0.114. The Balaban J connectivity index is 1.46. The summed E-state index contributed by atoms with van der Waals surface area (Å²) in [5, 5.41) is 5.96. The van der Waals surface area contributed by atoms with Gasteiger partial charge in [0, 0.05) is 30.0 Å². The highest BCUT2D eigenvalue weighted by Crippen LogP contribution is 2.18. The molecule has 1 aliphatic rings. The van der Waals surface area contributed by atoms with Crippen LogP contribution in [0.1, 0.15) is 49.9 Å². The van der Waals surface area contributed by atoms with Crippen molar-refractivity contribution in [3.63, 3.8) is 0 Å². The quantitative estimate of drug-likeness (QED) is 0.671. The summed E-state index contributed by atoms with van der Waals surface area (Å²) in [5.41, 5.74) is 2.19. The number of hydrogen-bond donors (Lipinski definition) is 2. The van der Waals surface area contributed by atoms with Crippen LogP contribution in [0.15, 0.2) is 48.5 Å². The van der Waals surface area contributed by atoms with E-state index in [4.69, 9.17) is 4.74 Å². The fraction of sp³-hybridized carbons (Fsp3) is 0.417. The first kappa shape index (κ1) is 21.7. The van der Waals surface area contributed by atoms with Crippen LogP contribution in [0.3, 0.4) is 0 Å². The van der Waals surface area contributed by atoms with Crippen molar-refractivity contribution in [3.05, 3.63) is 54.1 Å². The number of nitrogens with one attached hydrogen (secondary N) is 2. The summed E-state index contributed by atoms with van der Waals surface area (Å²) in [6.45, 7) is 5.92. The molecule has 1 saturated heterocycles. The Hall–Kier alpha value is -3.02. The maximum Gasteiger partial charge on any atom is 0.253 e. The number of amides is 2. The molecular formula is C24H31N3O3. The van der Waals surface area contributed by atoms with Gasteiger partial charge in [-0.25, -0.2) is 0 Å². The highest BCUT2D eigenvalue weighted by Gasteiger charge is 2.18. The van der Waals surface area contributed by atoms with E-state index in [1.807, 2.05) is 36.1 Å². The van der Waals surface area contributed by atoms with Gasteiger partial charge in [-0.2, -0.15) is 0 Å². The van der Waals surface area contributed by atoms with E-state index in [1.54, 1.807) is 24.3 Å². The molecule has 1 aliphatic heterocycles. The molecule has 2 amide bonds. The van der Waals surface area contributed by atoms with Gasteiger partial charge in [-0.1, -0.05) is 6.92 Å². The zero-order chi connectivity index (χ0) is 21.3. The Labute approximate surface area is 178 Å². The third kappa shape index (κ3) is 6.24. The number of ether oxygens (including phenoxy) is 1. The number of nitrogens with zero attached hydrogens (tertiary/aromatic N) is 1. The maximum atomic E-state index is 12.5. The van der Waals surface area contributed by atoms with Gasteiger partial charge in [-0.3, -0.25) is 9.59 Å². The van der Waals surface area contributed by atoms with Crippen molar-refractivity contribution < 1.29 is 14.3 Å². The second kappa shape index (κ2) is 10.7. The first-order valence-electron chi connectivity index (χ1n) is 10.7. The standard InChI is InChI=1S/C24H31N3O3/c1-3-18(2)30-22-13-11-20(12-14-22)25-17-23(28)26-21-9-7-19(8-10-21)24(29)27-15-5-4-6-16-27/h7-14,18,25H,3-6,15-17H2,1-2H3,(H,26,28). The molecule has 0 radical (unpaired) electrons. The molecule has 6 heteroatoms. The Bertz CT molecular complexity index is 828. The van der Waals surface area contributed by atoms with Gasteiger partial charge in [0.15, 0.2) is 0 Å². The van der Waals surface area contributed by atoms with Crippen molar-refractivity contribution in [2.24, 2.45) is 0 Å². The first-order chi connectivity index (χ1) is 14.5. The molecule has 0 spiro atoms. The molecule has 30 heavy (non-hydrogen) atoms. The number of carbonyl (C=O) groups is 2. The van der Waals surface area contributed by atoms with Crippen molar-refractivity contribution in [1.29, 1.82) is 0 Å². The fourth-order valence-corrected chi connectivity index (χ4v) is 3.33. The van der Waals surface area contributed by atoms with E-state index in [0.717, 1.165) is 43.8 Å². The molecule has 2 N–H and O–H groups in total. The summed E-state index contributed by atoms with van der Waals surface area (Å²) >= 11 is 0. The van der Waals surface area contributed by atoms with Gasteiger partial charge < -0.3 is 20.3 Å². The Morgan fingerprint density at radius 2 is 1.60 bits per heavy atom. The molecule has 1 fully saturated rings. The van der Waals surface area contributed by atoms with Crippen LogP contribution in [0.4, 0.5) is 11.4 Å². The largest absolute Gasteiger partial charge is 0.491 e. The number of likely N-dealkylation sites (tertiary alicyclic amines) is 1. The molecule has 3 rings (SSSR count). The van der Waals surface area contributed by atoms with Gasteiger partial charge in [0.25, 0.3) is 5.91 Å². The molecule has 0 saturated carbocycles. The molecule has 0 aliphatic carbocycles. The molecule has 6 nitrogen and oxygen atoms in total. The SMILES string of the molecule is CCC(C)Oc1ccc(NCC(=O)Nc2ccc(C(=O)N3CCCCC3)cc2)cc1. The van der Waals surface area contributed by atoms with Crippen LogP contribution < -0.4 is 15.4 Å². The lowest BCUT2D eigenvalue weighted by Gasteiger charge is -2.26. The predicted molar refractivity (Wildman–Crippen MR) is 120 cm³/mol. The molecule has 0 bridgehead atoms. The van der Waals surface area contributed by atoms with Gasteiger partial charge in [0.2, 0.25) is 5.91 Å². The van der Waals surface area contributed by atoms with Crippen molar-refractivity contribution in [2.45, 2.75) is 45.6 Å². The van der Waals surface area contributed by atoms with Crippen LogP contribution in [-0.2, 0) is 4.79 Å². The highest BCUT2D eigenvalue weighted by molar-refractivity contribution is 5.96. The van der Waals surface area contributed by atoms with E-state index in [0.29, 0.717) is 11.3 Å². The minimum atomic E-state index is -0.148. The van der Waals surface area contributed by atoms with E-state index in [1.165, 1.54) is 6.42 Å². The predicted octanol–water partition coefficient (Wildman–Crippen LogP) is 4.54. The van der Waals surface area contributed by atoms with Crippen LogP contribution in [0.5, 0.6) is 5.75 Å². The average molecular weight is 410 g/mol. The Kier molecular flexibility index (Phi) is 7.71. The lowest BCUT2D eigenvalue weighted by Crippen LogP contribution is -2.35. The monoisotopic (exact) mass is 409 g/mol. The second-order valence-electron chi connectivity index (χ2n) is 7.69. The van der Waals surface area contributed by atoms with Crippen LogP contribution in [-0.4, -0.2) is 42.5 Å². The van der Waals surface area contributed by atoms with Crippen molar-refractivity contribution in [3.8, 4) is 5.75 Å². The number of piperidine rings is 1. The van der Waals surface area contributed by atoms with Gasteiger partial charge in [-0.15, -0.1) is 0 Å². The topological polar surface area (TPSA) is 70.7 Å².